The number of amides is 4. The van der Waals surface area contributed by atoms with Crippen LogP contribution in [0.2, 0.25) is 0 Å². The van der Waals surface area contributed by atoms with Crippen molar-refractivity contribution in [2.75, 3.05) is 25.9 Å². The first-order valence-corrected chi connectivity index (χ1v) is 9.27. The highest BCUT2D eigenvalue weighted by Crippen LogP contribution is 2.23. The van der Waals surface area contributed by atoms with Crippen LogP contribution in [0.3, 0.4) is 0 Å². The number of aliphatic carboxylic acids is 1. The predicted molar refractivity (Wildman–Crippen MR) is 97.9 cm³/mol. The molecule has 2 saturated heterocycles. The Hall–Kier alpha value is -3.26. The monoisotopic (exact) mass is 426 g/mol. The van der Waals surface area contributed by atoms with Crippen LogP contribution in [0.4, 0.5) is 9.93 Å². The molecule has 2 aliphatic rings. The third-order valence-electron chi connectivity index (χ3n) is 4.44. The number of likely N-dealkylation sites (tertiary alicyclic amines) is 2. The van der Waals surface area contributed by atoms with E-state index in [1.165, 1.54) is 12.5 Å². The van der Waals surface area contributed by atoms with Gasteiger partial charge in [0.25, 0.3) is 11.8 Å². The van der Waals surface area contributed by atoms with Gasteiger partial charge in [-0.2, -0.15) is 0 Å². The molecular formula is C15H18N6O7S. The van der Waals surface area contributed by atoms with E-state index < -0.39 is 42.0 Å². The Bertz CT molecular complexity index is 886. The number of thiazole rings is 1. The molecule has 3 rings (SSSR count). The fraction of sp³-hybridized carbons (Fsp3) is 0.467. The number of carboxylic acids is 1. The van der Waals surface area contributed by atoms with Gasteiger partial charge in [0.1, 0.15) is 24.9 Å². The molecule has 3 atom stereocenters. The van der Waals surface area contributed by atoms with E-state index in [2.05, 4.69) is 20.3 Å². The van der Waals surface area contributed by atoms with Crippen molar-refractivity contribution in [3.05, 3.63) is 11.1 Å². The average molecular weight is 426 g/mol. The van der Waals surface area contributed by atoms with Gasteiger partial charge in [0.2, 0.25) is 0 Å². The van der Waals surface area contributed by atoms with E-state index in [0.717, 1.165) is 21.1 Å². The maximum absolute atomic E-state index is 12.5. The first-order valence-electron chi connectivity index (χ1n) is 8.39. The number of aliphatic hydroxyl groups excluding tert-OH is 1. The minimum atomic E-state index is -1.27. The second kappa shape index (κ2) is 8.00. The number of β-amino-alcohol motifs (C(OH)–C–C–N with tert-alkyl or cyclic N) is 1. The number of nitrogens with zero attached hydrogens (tertiary/aromatic N) is 4. The number of aliphatic hydroxyl groups is 1. The number of carbonyl (C=O) groups is 4. The van der Waals surface area contributed by atoms with Crippen molar-refractivity contribution in [1.29, 1.82) is 0 Å². The normalized spacial score (nSPS) is 24.3. The smallest absolute Gasteiger partial charge is 0.327 e. The van der Waals surface area contributed by atoms with Crippen LogP contribution >= 0.6 is 11.3 Å². The number of oxime groups is 1. The summed E-state index contributed by atoms with van der Waals surface area (Å²) < 4.78 is 0. The minimum Gasteiger partial charge on any atom is -0.480 e. The number of urea groups is 1. The number of anilines is 1. The zero-order valence-corrected chi connectivity index (χ0v) is 16.0. The summed E-state index contributed by atoms with van der Waals surface area (Å²) in [6.07, 6.45) is -1.10. The van der Waals surface area contributed by atoms with E-state index in [1.54, 1.807) is 0 Å². The molecule has 2 aliphatic heterocycles. The summed E-state index contributed by atoms with van der Waals surface area (Å²) in [5, 5.41) is 26.6. The molecule has 0 saturated carbocycles. The summed E-state index contributed by atoms with van der Waals surface area (Å²) in [6, 6.07) is -3.04. The third kappa shape index (κ3) is 3.97. The quantitative estimate of drug-likeness (QED) is 0.235. The zero-order valence-electron chi connectivity index (χ0n) is 15.1. The van der Waals surface area contributed by atoms with Crippen LogP contribution in [0.15, 0.2) is 10.5 Å². The molecule has 5 N–H and O–H groups in total. The zero-order chi connectivity index (χ0) is 21.3. The van der Waals surface area contributed by atoms with E-state index >= 15 is 0 Å². The number of hydrogen-bond acceptors (Lipinski definition) is 10. The van der Waals surface area contributed by atoms with Gasteiger partial charge in [0.15, 0.2) is 10.8 Å². The molecule has 156 valence electrons. The van der Waals surface area contributed by atoms with Crippen LogP contribution in [0, 0.1) is 0 Å². The molecule has 13 nitrogen and oxygen atoms in total. The van der Waals surface area contributed by atoms with Gasteiger partial charge in [-0.3, -0.25) is 14.5 Å². The minimum absolute atomic E-state index is 0.114. The maximum Gasteiger partial charge on any atom is 0.327 e. The standard InChI is InChI=1S/C15H18N6O7S/c1-28-19-10(8-5-29-14(16)18-8)11(23)17-7-4-21(12(7)24)15(27)20-3-6(22)2-9(20)13(25)26/h5-7,9,22H,2-4H2,1H3,(H2,16,18)(H,17,23)(H,25,26)/t6-,7-,9-/m0/s1. The van der Waals surface area contributed by atoms with Gasteiger partial charge < -0.3 is 31.0 Å². The van der Waals surface area contributed by atoms with E-state index in [0.29, 0.717) is 0 Å². The molecule has 2 fully saturated rings. The second-order valence-electron chi connectivity index (χ2n) is 6.35. The molecular weight excluding hydrogens is 408 g/mol. The van der Waals surface area contributed by atoms with Gasteiger partial charge in [-0.15, -0.1) is 11.3 Å². The van der Waals surface area contributed by atoms with Gasteiger partial charge >= 0.3 is 12.0 Å². The molecule has 14 heteroatoms. The van der Waals surface area contributed by atoms with Gasteiger partial charge in [0.05, 0.1) is 12.6 Å². The Morgan fingerprint density at radius 1 is 1.41 bits per heavy atom. The molecule has 0 bridgehead atoms. The van der Waals surface area contributed by atoms with Crippen LogP contribution < -0.4 is 11.1 Å². The van der Waals surface area contributed by atoms with Crippen molar-refractivity contribution in [3.8, 4) is 0 Å². The van der Waals surface area contributed by atoms with Crippen molar-refractivity contribution in [2.45, 2.75) is 24.6 Å². The summed E-state index contributed by atoms with van der Waals surface area (Å²) in [5.41, 5.74) is 5.52. The van der Waals surface area contributed by atoms with Crippen LogP contribution in [0.1, 0.15) is 12.1 Å². The van der Waals surface area contributed by atoms with E-state index in [9.17, 15) is 29.4 Å². The number of hydrogen-bond donors (Lipinski definition) is 4. The number of aromatic nitrogens is 1. The molecule has 0 aliphatic carbocycles. The summed E-state index contributed by atoms with van der Waals surface area (Å²) in [5.74, 6) is -2.72. The second-order valence-corrected chi connectivity index (χ2v) is 7.24. The van der Waals surface area contributed by atoms with Gasteiger partial charge in [-0.25, -0.2) is 14.6 Å². The fourth-order valence-corrected chi connectivity index (χ4v) is 3.59. The molecule has 0 spiro atoms. The number of carboxylic acid groups (broad SMARTS) is 1. The van der Waals surface area contributed by atoms with Gasteiger partial charge in [-0.1, -0.05) is 5.16 Å². The van der Waals surface area contributed by atoms with Crippen molar-refractivity contribution < 1.29 is 34.2 Å². The Morgan fingerprint density at radius 2 is 2.14 bits per heavy atom. The van der Waals surface area contributed by atoms with Crippen molar-refractivity contribution in [3.63, 3.8) is 0 Å². The van der Waals surface area contributed by atoms with E-state index in [-0.39, 0.29) is 36.0 Å². The fourth-order valence-electron chi connectivity index (χ4n) is 3.04. The highest BCUT2D eigenvalue weighted by Gasteiger charge is 2.48. The van der Waals surface area contributed by atoms with Crippen LogP contribution in [-0.2, 0) is 19.2 Å². The molecule has 1 aromatic rings. The largest absolute Gasteiger partial charge is 0.480 e. The molecule has 1 aromatic heterocycles. The van der Waals surface area contributed by atoms with E-state index in [1.807, 2.05) is 0 Å². The van der Waals surface area contributed by atoms with Crippen LogP contribution in [-0.4, -0.2) is 92.9 Å². The first kappa shape index (κ1) is 20.5. The van der Waals surface area contributed by atoms with E-state index in [4.69, 9.17) is 5.73 Å². The lowest BCUT2D eigenvalue weighted by molar-refractivity contribution is -0.145. The molecule has 0 unspecified atom stereocenters. The van der Waals surface area contributed by atoms with Gasteiger partial charge in [0, 0.05) is 18.3 Å². The molecule has 3 heterocycles. The number of rotatable bonds is 5. The van der Waals surface area contributed by atoms with Crippen molar-refractivity contribution in [2.24, 2.45) is 5.16 Å². The number of nitrogens with two attached hydrogens (primary N) is 1. The summed E-state index contributed by atoms with van der Waals surface area (Å²) in [4.78, 5) is 58.8. The number of nitrogen functional groups attached to an aromatic ring is 1. The summed E-state index contributed by atoms with van der Waals surface area (Å²) >= 11 is 1.09. The Labute approximate surface area is 167 Å². The molecule has 0 aromatic carbocycles. The Morgan fingerprint density at radius 3 is 2.69 bits per heavy atom. The highest BCUT2D eigenvalue weighted by molar-refractivity contribution is 7.13. The van der Waals surface area contributed by atoms with Crippen molar-refractivity contribution in [1.82, 2.24) is 20.1 Å². The lowest BCUT2D eigenvalue weighted by Gasteiger charge is -2.39. The van der Waals surface area contributed by atoms with Crippen LogP contribution in [0.5, 0.6) is 0 Å². The van der Waals surface area contributed by atoms with Gasteiger partial charge in [-0.05, 0) is 0 Å². The first-order chi connectivity index (χ1) is 13.7. The average Bonchev–Trinajstić information content (AvgIpc) is 3.27. The molecule has 4 amide bonds. The molecule has 0 radical (unpaired) electrons. The highest BCUT2D eigenvalue weighted by atomic mass is 32.1. The number of β-lactam (4-membered cyclic amide) rings is 1. The lowest BCUT2D eigenvalue weighted by atomic mass is 10.1. The maximum atomic E-state index is 12.5. The topological polar surface area (TPSA) is 188 Å². The SMILES string of the molecule is CON=C(C(=O)N[C@H]1CN(C(=O)N2C[C@@H](O)C[C@H]2C(=O)O)C1=O)c1csc(N)n1. The Kier molecular flexibility index (Phi) is 5.65. The summed E-state index contributed by atoms with van der Waals surface area (Å²) in [6.45, 7) is -0.339. The predicted octanol–water partition coefficient (Wildman–Crippen LogP) is -1.96. The lowest BCUT2D eigenvalue weighted by Crippen LogP contribution is -2.68. The number of nitrogens with one attached hydrogen (secondary N) is 1. The van der Waals surface area contributed by atoms with Crippen LogP contribution in [0.25, 0.3) is 0 Å². The molecule has 29 heavy (non-hydrogen) atoms. The van der Waals surface area contributed by atoms with Crippen molar-refractivity contribution >= 4 is 46.0 Å². The third-order valence-corrected chi connectivity index (χ3v) is 5.11. The summed E-state index contributed by atoms with van der Waals surface area (Å²) in [7, 11) is 1.24. The number of carbonyl (C=O) groups excluding carboxylic acids is 3. The number of imide groups is 1. The Balaban J connectivity index is 1.63.